The van der Waals surface area contributed by atoms with Crippen LogP contribution in [0.2, 0.25) is 0 Å². The molecule has 2 nitrogen and oxygen atoms in total. The van der Waals surface area contributed by atoms with Crippen LogP contribution in [0.4, 0.5) is 0 Å². The van der Waals surface area contributed by atoms with Gasteiger partial charge in [0.15, 0.2) is 0 Å². The molecule has 1 aromatic heterocycles. The molecule has 3 heteroatoms. The minimum atomic E-state index is 0.0248. The smallest absolute Gasteiger partial charge is 0.0890 e. The Morgan fingerprint density at radius 2 is 1.87 bits per heavy atom. The van der Waals surface area contributed by atoms with Gasteiger partial charge < -0.3 is 0 Å². The zero-order valence-electron chi connectivity index (χ0n) is 8.87. The molecular formula is C12H13BrN2. The molecular weight excluding hydrogens is 252 g/mol. The molecule has 0 bridgehead atoms. The number of alkyl halides is 1. The van der Waals surface area contributed by atoms with Crippen LogP contribution in [0, 0.1) is 0 Å². The molecule has 0 unspecified atom stereocenters. The Hall–Kier alpha value is -0.960. The van der Waals surface area contributed by atoms with Crippen molar-refractivity contribution >= 4 is 27.0 Å². The molecule has 0 aliphatic rings. The van der Waals surface area contributed by atoms with Gasteiger partial charge in [-0.05, 0) is 12.1 Å². The summed E-state index contributed by atoms with van der Waals surface area (Å²) in [4.78, 5) is 9.04. The van der Waals surface area contributed by atoms with E-state index < -0.39 is 0 Å². The highest BCUT2D eigenvalue weighted by Crippen LogP contribution is 2.24. The molecule has 0 aliphatic carbocycles. The van der Waals surface area contributed by atoms with E-state index in [4.69, 9.17) is 0 Å². The maximum Gasteiger partial charge on any atom is 0.0890 e. The zero-order valence-corrected chi connectivity index (χ0v) is 10.5. The van der Waals surface area contributed by atoms with E-state index in [0.717, 1.165) is 22.1 Å². The monoisotopic (exact) mass is 264 g/mol. The van der Waals surface area contributed by atoms with Gasteiger partial charge in [0.25, 0.3) is 0 Å². The fraction of sp³-hybridized carbons (Fsp3) is 0.333. The lowest BCUT2D eigenvalue weighted by atomic mass is 9.92. The molecule has 0 N–H and O–H groups in total. The predicted molar refractivity (Wildman–Crippen MR) is 66.4 cm³/mol. The molecule has 2 aromatic rings. The Morgan fingerprint density at radius 1 is 1.20 bits per heavy atom. The minimum absolute atomic E-state index is 0.0248. The maximum atomic E-state index is 4.63. The molecule has 0 fully saturated rings. The molecule has 0 amide bonds. The lowest BCUT2D eigenvalue weighted by Crippen LogP contribution is -2.20. The zero-order chi connectivity index (χ0) is 10.9. The second-order valence-electron chi connectivity index (χ2n) is 4.26. The third-order valence-electron chi connectivity index (χ3n) is 2.48. The van der Waals surface area contributed by atoms with Gasteiger partial charge in [0.2, 0.25) is 0 Å². The number of fused-ring (bicyclic) bond motifs is 1. The van der Waals surface area contributed by atoms with E-state index in [2.05, 4.69) is 39.7 Å². The summed E-state index contributed by atoms with van der Waals surface area (Å²) in [6.45, 7) is 4.31. The van der Waals surface area contributed by atoms with Crippen LogP contribution in [0.1, 0.15) is 19.5 Å². The van der Waals surface area contributed by atoms with Gasteiger partial charge in [0.05, 0.1) is 16.7 Å². The summed E-state index contributed by atoms with van der Waals surface area (Å²) in [6, 6.07) is 7.94. The van der Waals surface area contributed by atoms with E-state index in [9.17, 15) is 0 Å². The third-order valence-corrected chi connectivity index (χ3v) is 3.88. The molecule has 2 rings (SSSR count). The van der Waals surface area contributed by atoms with Gasteiger partial charge in [-0.15, -0.1) is 0 Å². The number of para-hydroxylation sites is 2. The highest BCUT2D eigenvalue weighted by Gasteiger charge is 2.21. The van der Waals surface area contributed by atoms with Crippen molar-refractivity contribution in [1.29, 1.82) is 0 Å². The van der Waals surface area contributed by atoms with Crippen molar-refractivity contribution < 1.29 is 0 Å². The normalized spacial score (nSPS) is 11.9. The van der Waals surface area contributed by atoms with E-state index in [1.54, 1.807) is 0 Å². The first-order valence-electron chi connectivity index (χ1n) is 4.92. The van der Waals surface area contributed by atoms with Gasteiger partial charge in [0.1, 0.15) is 0 Å². The van der Waals surface area contributed by atoms with Crippen molar-refractivity contribution in [2.24, 2.45) is 0 Å². The van der Waals surface area contributed by atoms with E-state index in [-0.39, 0.29) is 5.41 Å². The van der Waals surface area contributed by atoms with Gasteiger partial charge >= 0.3 is 0 Å². The summed E-state index contributed by atoms with van der Waals surface area (Å²) in [5.41, 5.74) is 2.96. The Labute approximate surface area is 97.9 Å². The topological polar surface area (TPSA) is 25.8 Å². The molecule has 15 heavy (non-hydrogen) atoms. The number of benzene rings is 1. The van der Waals surface area contributed by atoms with Crippen LogP contribution >= 0.6 is 15.9 Å². The first-order valence-corrected chi connectivity index (χ1v) is 6.04. The maximum absolute atomic E-state index is 4.63. The van der Waals surface area contributed by atoms with Gasteiger partial charge in [0, 0.05) is 16.9 Å². The molecule has 0 saturated heterocycles. The first kappa shape index (κ1) is 10.6. The number of aromatic nitrogens is 2. The van der Waals surface area contributed by atoms with Crippen molar-refractivity contribution in [3.8, 4) is 0 Å². The summed E-state index contributed by atoms with van der Waals surface area (Å²) in [5, 5.41) is 0.882. The Kier molecular flexibility index (Phi) is 2.74. The summed E-state index contributed by atoms with van der Waals surface area (Å²) >= 11 is 3.50. The SMILES string of the molecule is CC(C)(CBr)c1cnc2ccccc2n1. The quantitative estimate of drug-likeness (QED) is 0.778. The van der Waals surface area contributed by atoms with Crippen LogP contribution in [0.15, 0.2) is 30.5 Å². The largest absolute Gasteiger partial charge is 0.253 e. The van der Waals surface area contributed by atoms with Crippen molar-refractivity contribution in [3.05, 3.63) is 36.2 Å². The Bertz CT molecular complexity index is 480. The van der Waals surface area contributed by atoms with Crippen molar-refractivity contribution in [1.82, 2.24) is 9.97 Å². The average molecular weight is 265 g/mol. The van der Waals surface area contributed by atoms with E-state index >= 15 is 0 Å². The standard InChI is InChI=1S/C12H13BrN2/c1-12(2,8-13)11-7-14-9-5-3-4-6-10(9)15-11/h3-7H,8H2,1-2H3. The predicted octanol–water partition coefficient (Wildman–Crippen LogP) is 3.30. The summed E-state index contributed by atoms with van der Waals surface area (Å²) in [7, 11) is 0. The van der Waals surface area contributed by atoms with E-state index in [0.29, 0.717) is 0 Å². The van der Waals surface area contributed by atoms with Crippen LogP contribution in [-0.2, 0) is 5.41 Å². The third kappa shape index (κ3) is 2.02. The van der Waals surface area contributed by atoms with Gasteiger partial charge in [-0.25, -0.2) is 4.98 Å². The molecule has 0 saturated carbocycles. The Balaban J connectivity index is 2.56. The molecule has 1 heterocycles. The second kappa shape index (κ2) is 3.89. The van der Waals surface area contributed by atoms with E-state index in [1.807, 2.05) is 30.5 Å². The summed E-state index contributed by atoms with van der Waals surface area (Å²) in [5.74, 6) is 0. The highest BCUT2D eigenvalue weighted by atomic mass is 79.9. The van der Waals surface area contributed by atoms with Crippen LogP contribution in [0.5, 0.6) is 0 Å². The molecule has 0 spiro atoms. The summed E-state index contributed by atoms with van der Waals surface area (Å²) in [6.07, 6.45) is 1.86. The molecule has 1 aromatic carbocycles. The number of halogens is 1. The molecule has 0 radical (unpaired) electrons. The van der Waals surface area contributed by atoms with Crippen LogP contribution in [-0.4, -0.2) is 15.3 Å². The number of rotatable bonds is 2. The fourth-order valence-corrected chi connectivity index (χ4v) is 1.64. The molecule has 0 atom stereocenters. The number of hydrogen-bond acceptors (Lipinski definition) is 2. The first-order chi connectivity index (χ1) is 7.13. The second-order valence-corrected chi connectivity index (χ2v) is 4.82. The fourth-order valence-electron chi connectivity index (χ4n) is 1.35. The van der Waals surface area contributed by atoms with E-state index in [1.165, 1.54) is 0 Å². The summed E-state index contributed by atoms with van der Waals surface area (Å²) < 4.78 is 0. The van der Waals surface area contributed by atoms with Gasteiger partial charge in [-0.3, -0.25) is 4.98 Å². The van der Waals surface area contributed by atoms with Crippen LogP contribution in [0.3, 0.4) is 0 Å². The lowest BCUT2D eigenvalue weighted by molar-refractivity contribution is 0.584. The van der Waals surface area contributed by atoms with Gasteiger partial charge in [-0.2, -0.15) is 0 Å². The average Bonchev–Trinajstić information content (AvgIpc) is 2.28. The van der Waals surface area contributed by atoms with Crippen molar-refractivity contribution in [2.75, 3.05) is 5.33 Å². The number of hydrogen-bond donors (Lipinski definition) is 0. The van der Waals surface area contributed by atoms with Crippen molar-refractivity contribution in [3.63, 3.8) is 0 Å². The molecule has 0 aliphatic heterocycles. The Morgan fingerprint density at radius 3 is 2.53 bits per heavy atom. The minimum Gasteiger partial charge on any atom is -0.253 e. The highest BCUT2D eigenvalue weighted by molar-refractivity contribution is 9.09. The van der Waals surface area contributed by atoms with Crippen LogP contribution < -0.4 is 0 Å². The number of nitrogens with zero attached hydrogens (tertiary/aromatic N) is 2. The lowest BCUT2D eigenvalue weighted by Gasteiger charge is -2.20. The van der Waals surface area contributed by atoms with Crippen LogP contribution in [0.25, 0.3) is 11.0 Å². The molecule has 78 valence electrons. The van der Waals surface area contributed by atoms with Crippen molar-refractivity contribution in [2.45, 2.75) is 19.3 Å². The van der Waals surface area contributed by atoms with Gasteiger partial charge in [-0.1, -0.05) is 41.9 Å².